The number of nitrogens with one attached hydrogen (secondary N) is 2. The van der Waals surface area contributed by atoms with Crippen LogP contribution < -0.4 is 26.0 Å². The van der Waals surface area contributed by atoms with Crippen LogP contribution in [0.25, 0.3) is 0 Å². The molecule has 15 heteroatoms. The summed E-state index contributed by atoms with van der Waals surface area (Å²) in [7, 11) is 1.58. The van der Waals surface area contributed by atoms with Crippen molar-refractivity contribution < 1.29 is 19.1 Å². The van der Waals surface area contributed by atoms with Crippen LogP contribution in [0.3, 0.4) is 0 Å². The van der Waals surface area contributed by atoms with Gasteiger partial charge in [0.15, 0.2) is 11.6 Å². The number of piperazine rings is 1. The number of rotatable bonds is 7. The van der Waals surface area contributed by atoms with Gasteiger partial charge in [0.1, 0.15) is 12.4 Å². The van der Waals surface area contributed by atoms with Gasteiger partial charge in [0.05, 0.1) is 19.0 Å². The number of nitrogen functional groups attached to an aromatic ring is 1. The number of fused-ring (bicyclic) bond motifs is 1. The molecule has 2 fully saturated rings. The van der Waals surface area contributed by atoms with Gasteiger partial charge in [-0.2, -0.15) is 0 Å². The molecule has 0 unspecified atom stereocenters. The highest BCUT2D eigenvalue weighted by atomic mass is 79.9. The number of aromatic nitrogens is 2. The summed E-state index contributed by atoms with van der Waals surface area (Å²) in [5.41, 5.74) is 9.44. The highest BCUT2D eigenvalue weighted by Crippen LogP contribution is 2.31. The number of methoxy groups -OCH3 is 1. The maximum absolute atomic E-state index is 14.0. The Balaban J connectivity index is 1.11. The van der Waals surface area contributed by atoms with E-state index in [1.165, 1.54) is 6.33 Å². The van der Waals surface area contributed by atoms with Gasteiger partial charge in [-0.1, -0.05) is 18.2 Å². The standard InChI is InChI=1S/C32H37Br2N9O4/c1-47-27-17-36-19-37-29(27)40-10-12-41(13-11-40)30(44)26(16-20-14-23(33)28(35)24(34)15-20)39-31(45)42-8-6-22(7-9-42)43-18-21-4-2-3-5-25(21)38-32(43)46/h2-5,14-15,17,19,22,26H,6-13,16,18,35H2,1H3,(H,38,46)(H,39,45)/t26-/m0/s1. The van der Waals surface area contributed by atoms with Crippen LogP contribution >= 0.6 is 31.9 Å². The molecule has 5 amide bonds. The maximum atomic E-state index is 14.0. The second-order valence-electron chi connectivity index (χ2n) is 11.8. The van der Waals surface area contributed by atoms with Crippen molar-refractivity contribution in [2.45, 2.75) is 37.9 Å². The molecule has 0 bridgehead atoms. The third-order valence-electron chi connectivity index (χ3n) is 9.00. The van der Waals surface area contributed by atoms with E-state index in [4.69, 9.17) is 10.5 Å². The predicted octanol–water partition coefficient (Wildman–Crippen LogP) is 4.07. The molecular formula is C32H37Br2N9O4. The minimum absolute atomic E-state index is 0.0131. The van der Waals surface area contributed by atoms with E-state index in [1.54, 1.807) is 23.1 Å². The number of hydrogen-bond donors (Lipinski definition) is 3. The van der Waals surface area contributed by atoms with Gasteiger partial charge in [0.25, 0.3) is 0 Å². The fourth-order valence-electron chi connectivity index (χ4n) is 6.38. The van der Waals surface area contributed by atoms with E-state index in [0.29, 0.717) is 84.9 Å². The SMILES string of the molecule is COc1cncnc1N1CCN(C(=O)[C@H](Cc2cc(Br)c(N)c(Br)c2)NC(=O)N2CCC(N3Cc4ccccc4NC3=O)CC2)CC1. The second-order valence-corrected chi connectivity index (χ2v) is 13.5. The number of piperidine rings is 1. The van der Waals surface area contributed by atoms with E-state index in [0.717, 1.165) is 16.8 Å². The number of para-hydroxylation sites is 1. The summed E-state index contributed by atoms with van der Waals surface area (Å²) in [6.45, 7) is 3.52. The van der Waals surface area contributed by atoms with Crippen LogP contribution in [0.1, 0.15) is 24.0 Å². The number of carbonyl (C=O) groups excluding carboxylic acids is 3. The summed E-state index contributed by atoms with van der Waals surface area (Å²) in [4.78, 5) is 56.4. The summed E-state index contributed by atoms with van der Waals surface area (Å²) in [5, 5.41) is 6.04. The molecular weight excluding hydrogens is 734 g/mol. The lowest BCUT2D eigenvalue weighted by molar-refractivity contribution is -0.133. The number of hydrogen-bond acceptors (Lipinski definition) is 8. The monoisotopic (exact) mass is 769 g/mol. The Morgan fingerprint density at radius 1 is 1.06 bits per heavy atom. The minimum atomic E-state index is -0.799. The Morgan fingerprint density at radius 3 is 2.47 bits per heavy atom. The predicted molar refractivity (Wildman–Crippen MR) is 185 cm³/mol. The van der Waals surface area contributed by atoms with Crippen molar-refractivity contribution >= 4 is 67.0 Å². The van der Waals surface area contributed by atoms with E-state index in [9.17, 15) is 14.4 Å². The zero-order valence-electron chi connectivity index (χ0n) is 26.0. The van der Waals surface area contributed by atoms with Gasteiger partial charge in [-0.05, 0) is 74.0 Å². The summed E-state index contributed by atoms with van der Waals surface area (Å²) >= 11 is 7.00. The number of amides is 5. The van der Waals surface area contributed by atoms with Crippen molar-refractivity contribution in [2.75, 3.05) is 62.3 Å². The van der Waals surface area contributed by atoms with E-state index >= 15 is 0 Å². The minimum Gasteiger partial charge on any atom is -0.491 e. The van der Waals surface area contributed by atoms with Gasteiger partial charge in [-0.15, -0.1) is 0 Å². The molecule has 6 rings (SSSR count). The first-order valence-electron chi connectivity index (χ1n) is 15.5. The van der Waals surface area contributed by atoms with Crippen molar-refractivity contribution in [2.24, 2.45) is 0 Å². The zero-order valence-corrected chi connectivity index (χ0v) is 29.2. The molecule has 3 aromatic rings. The molecule has 13 nitrogen and oxygen atoms in total. The van der Waals surface area contributed by atoms with E-state index in [2.05, 4.69) is 57.4 Å². The molecule has 0 aliphatic carbocycles. The molecule has 1 atom stereocenters. The largest absolute Gasteiger partial charge is 0.491 e. The smallest absolute Gasteiger partial charge is 0.322 e. The van der Waals surface area contributed by atoms with Gasteiger partial charge in [-0.25, -0.2) is 19.6 Å². The molecule has 2 saturated heterocycles. The first kappa shape index (κ1) is 32.8. The number of ether oxygens (including phenoxy) is 1. The van der Waals surface area contributed by atoms with Crippen LogP contribution in [-0.2, 0) is 17.8 Å². The fraction of sp³-hybridized carbons (Fsp3) is 0.406. The third-order valence-corrected chi connectivity index (χ3v) is 10.3. The van der Waals surface area contributed by atoms with Gasteiger partial charge < -0.3 is 40.7 Å². The third kappa shape index (κ3) is 7.25. The normalized spacial score (nSPS) is 17.6. The molecule has 2 aromatic carbocycles. The van der Waals surface area contributed by atoms with E-state index < -0.39 is 6.04 Å². The number of benzene rings is 2. The molecule has 4 heterocycles. The summed E-state index contributed by atoms with van der Waals surface area (Å²) in [6, 6.07) is 10.4. The average Bonchev–Trinajstić information content (AvgIpc) is 3.09. The topological polar surface area (TPSA) is 149 Å². The number of anilines is 3. The second kappa shape index (κ2) is 14.3. The van der Waals surface area contributed by atoms with Crippen LogP contribution in [0.5, 0.6) is 5.75 Å². The highest BCUT2D eigenvalue weighted by Gasteiger charge is 2.35. The van der Waals surface area contributed by atoms with Gasteiger partial charge >= 0.3 is 12.1 Å². The Hall–Kier alpha value is -4.11. The number of urea groups is 2. The molecule has 4 N–H and O–H groups in total. The molecule has 0 radical (unpaired) electrons. The van der Waals surface area contributed by atoms with Crippen molar-refractivity contribution in [3.05, 3.63) is 69.0 Å². The first-order chi connectivity index (χ1) is 22.7. The van der Waals surface area contributed by atoms with Crippen LogP contribution in [-0.4, -0.2) is 101 Å². The molecule has 3 aliphatic rings. The molecule has 0 saturated carbocycles. The van der Waals surface area contributed by atoms with Crippen LogP contribution in [0.2, 0.25) is 0 Å². The van der Waals surface area contributed by atoms with Gasteiger partial charge in [0.2, 0.25) is 5.91 Å². The molecule has 3 aliphatic heterocycles. The molecule has 0 spiro atoms. The Labute approximate surface area is 290 Å². The summed E-state index contributed by atoms with van der Waals surface area (Å²) in [6.07, 6.45) is 4.68. The molecule has 47 heavy (non-hydrogen) atoms. The number of halogens is 2. The number of carbonyl (C=O) groups is 3. The van der Waals surface area contributed by atoms with Crippen molar-refractivity contribution in [3.63, 3.8) is 0 Å². The van der Waals surface area contributed by atoms with E-state index in [-0.39, 0.29) is 30.4 Å². The zero-order chi connectivity index (χ0) is 33.1. The van der Waals surface area contributed by atoms with Gasteiger partial charge in [-0.3, -0.25) is 4.79 Å². The number of nitrogens with zero attached hydrogens (tertiary/aromatic N) is 6. The Morgan fingerprint density at radius 2 is 1.77 bits per heavy atom. The number of likely N-dealkylation sites (tertiary alicyclic amines) is 1. The van der Waals surface area contributed by atoms with Crippen LogP contribution in [0.15, 0.2) is 57.9 Å². The quantitative estimate of drug-likeness (QED) is 0.305. The van der Waals surface area contributed by atoms with Crippen molar-refractivity contribution in [1.82, 2.24) is 30.0 Å². The molecule has 1 aromatic heterocycles. The van der Waals surface area contributed by atoms with Gasteiger partial charge in [0, 0.05) is 72.9 Å². The van der Waals surface area contributed by atoms with Crippen LogP contribution in [0, 0.1) is 0 Å². The molecule has 248 valence electrons. The van der Waals surface area contributed by atoms with Crippen LogP contribution in [0.4, 0.5) is 26.8 Å². The number of nitrogens with two attached hydrogens (primary N) is 1. The highest BCUT2D eigenvalue weighted by molar-refractivity contribution is 9.11. The van der Waals surface area contributed by atoms with E-state index in [1.807, 2.05) is 41.3 Å². The van der Waals surface area contributed by atoms with Crippen molar-refractivity contribution in [3.8, 4) is 5.75 Å². The summed E-state index contributed by atoms with van der Waals surface area (Å²) < 4.78 is 6.84. The van der Waals surface area contributed by atoms with Crippen molar-refractivity contribution in [1.29, 1.82) is 0 Å². The lowest BCUT2D eigenvalue weighted by Gasteiger charge is -2.41. The fourth-order valence-corrected chi connectivity index (χ4v) is 7.66. The Bertz CT molecular complexity index is 1620. The Kier molecular flexibility index (Phi) is 10.0. The summed E-state index contributed by atoms with van der Waals surface area (Å²) in [5.74, 6) is 1.10. The average molecular weight is 772 g/mol. The lowest BCUT2D eigenvalue weighted by Crippen LogP contribution is -2.58. The maximum Gasteiger partial charge on any atom is 0.322 e. The lowest BCUT2D eigenvalue weighted by atomic mass is 10.0. The first-order valence-corrected chi connectivity index (χ1v) is 17.1.